The molecule has 54 heavy (non-hydrogen) atoms. The summed E-state index contributed by atoms with van der Waals surface area (Å²) in [4.78, 5) is 2.61. The highest BCUT2D eigenvalue weighted by atomic mass is 15.1. The van der Waals surface area contributed by atoms with E-state index in [9.17, 15) is 0 Å². The van der Waals surface area contributed by atoms with Crippen molar-refractivity contribution in [2.75, 3.05) is 4.90 Å². The molecule has 6 bridgehead atoms. The summed E-state index contributed by atoms with van der Waals surface area (Å²) in [5.41, 5.74) is 19.0. The summed E-state index contributed by atoms with van der Waals surface area (Å²) < 4.78 is 0. The van der Waals surface area contributed by atoms with E-state index in [2.05, 4.69) is 144 Å². The fraction of sp³-hybridized carbons (Fsp3) is 0.321. The fourth-order valence-corrected chi connectivity index (χ4v) is 14.7. The number of benzene rings is 6. The minimum Gasteiger partial charge on any atom is -0.310 e. The van der Waals surface area contributed by atoms with Crippen LogP contribution in [0, 0.1) is 35.5 Å². The van der Waals surface area contributed by atoms with Gasteiger partial charge in [0.2, 0.25) is 0 Å². The number of fused-ring (bicyclic) bond motifs is 11. The topological polar surface area (TPSA) is 3.24 Å². The van der Waals surface area contributed by atoms with E-state index >= 15 is 0 Å². The summed E-state index contributed by atoms with van der Waals surface area (Å²) in [6.07, 6.45) is 12.6. The molecule has 8 aliphatic carbocycles. The van der Waals surface area contributed by atoms with Gasteiger partial charge >= 0.3 is 0 Å². The minimum absolute atomic E-state index is 0.137. The lowest BCUT2D eigenvalue weighted by Crippen LogP contribution is -2.55. The maximum absolute atomic E-state index is 2.67. The number of nitrogens with zero attached hydrogens (tertiary/aromatic N) is 1. The lowest BCUT2D eigenvalue weighted by molar-refractivity contribution is -0.0399. The standard InChI is InChI=1S/C53H47N/c1-2-9-36(10-3-1)37-11-8-12-41(29-37)54(42-20-22-49-47(30-42)45-14-4-6-15-48(45)52(49)32-33-17-18-38(52)24-33)43-19-21-46-44-13-5-7-16-50(44)53(51(46)31-43)39-25-34-23-35(27-39)28-40(53)26-34/h1-16,19-22,29-31,33-35,38-40H,17-18,23-28,32H2/t33-,34-,35?,38+,39-,40?,52-,53?/m0/s1. The van der Waals surface area contributed by atoms with Gasteiger partial charge in [-0.25, -0.2) is 0 Å². The molecule has 6 saturated carbocycles. The van der Waals surface area contributed by atoms with E-state index in [-0.39, 0.29) is 10.8 Å². The average Bonchev–Trinajstić information content (AvgIpc) is 3.97. The molecule has 14 rings (SSSR count). The minimum atomic E-state index is 0.137. The Labute approximate surface area is 320 Å². The molecule has 6 fully saturated rings. The van der Waals surface area contributed by atoms with Crippen molar-refractivity contribution in [3.05, 3.63) is 162 Å². The highest BCUT2D eigenvalue weighted by molar-refractivity contribution is 5.90. The van der Waals surface area contributed by atoms with Crippen LogP contribution in [0.25, 0.3) is 33.4 Å². The molecule has 3 atom stereocenters. The van der Waals surface area contributed by atoms with Gasteiger partial charge in [0.1, 0.15) is 0 Å². The molecule has 1 nitrogen and oxygen atoms in total. The van der Waals surface area contributed by atoms with E-state index in [4.69, 9.17) is 0 Å². The van der Waals surface area contributed by atoms with Crippen LogP contribution in [0.2, 0.25) is 0 Å². The first-order valence-electron chi connectivity index (χ1n) is 21.1. The quantitative estimate of drug-likeness (QED) is 0.177. The van der Waals surface area contributed by atoms with E-state index < -0.39 is 0 Å². The van der Waals surface area contributed by atoms with Crippen LogP contribution >= 0.6 is 0 Å². The van der Waals surface area contributed by atoms with Crippen molar-refractivity contribution < 1.29 is 0 Å². The smallest absolute Gasteiger partial charge is 0.0468 e. The second-order valence-corrected chi connectivity index (χ2v) is 18.5. The molecule has 0 radical (unpaired) electrons. The predicted molar refractivity (Wildman–Crippen MR) is 221 cm³/mol. The van der Waals surface area contributed by atoms with Crippen molar-refractivity contribution in [1.29, 1.82) is 0 Å². The van der Waals surface area contributed by atoms with Gasteiger partial charge in [-0.15, -0.1) is 0 Å². The van der Waals surface area contributed by atoms with Crippen molar-refractivity contribution in [2.45, 2.75) is 68.6 Å². The largest absolute Gasteiger partial charge is 0.310 e. The summed E-state index contributed by atoms with van der Waals surface area (Å²) in [5, 5.41) is 0. The zero-order valence-electron chi connectivity index (χ0n) is 31.1. The van der Waals surface area contributed by atoms with Crippen LogP contribution in [0.5, 0.6) is 0 Å². The zero-order valence-corrected chi connectivity index (χ0v) is 31.1. The Morgan fingerprint density at radius 2 is 1.00 bits per heavy atom. The molecule has 0 aliphatic heterocycles. The Morgan fingerprint density at radius 3 is 1.76 bits per heavy atom. The average molecular weight is 698 g/mol. The monoisotopic (exact) mass is 697 g/mol. The maximum Gasteiger partial charge on any atom is 0.0468 e. The molecule has 0 aromatic heterocycles. The Morgan fingerprint density at radius 1 is 0.389 bits per heavy atom. The lowest BCUT2D eigenvalue weighted by Gasteiger charge is -2.61. The summed E-state index contributed by atoms with van der Waals surface area (Å²) in [5.74, 6) is 5.00. The molecule has 0 saturated heterocycles. The van der Waals surface area contributed by atoms with Gasteiger partial charge in [0.25, 0.3) is 0 Å². The molecule has 6 aromatic rings. The first-order chi connectivity index (χ1) is 26.7. The number of hydrogen-bond donors (Lipinski definition) is 0. The van der Waals surface area contributed by atoms with Gasteiger partial charge in [0.15, 0.2) is 0 Å². The summed E-state index contributed by atoms with van der Waals surface area (Å²) >= 11 is 0. The second-order valence-electron chi connectivity index (χ2n) is 18.5. The van der Waals surface area contributed by atoms with E-state index in [0.717, 1.165) is 35.5 Å². The van der Waals surface area contributed by atoms with Crippen molar-refractivity contribution in [3.63, 3.8) is 0 Å². The molecule has 0 heterocycles. The molecule has 0 unspecified atom stereocenters. The molecule has 8 aliphatic rings. The van der Waals surface area contributed by atoms with E-state index in [1.165, 1.54) is 108 Å². The number of hydrogen-bond acceptors (Lipinski definition) is 1. The van der Waals surface area contributed by atoms with Crippen LogP contribution in [0.4, 0.5) is 17.1 Å². The van der Waals surface area contributed by atoms with Crippen molar-refractivity contribution in [1.82, 2.24) is 0 Å². The molecule has 0 N–H and O–H groups in total. The lowest BCUT2D eigenvalue weighted by atomic mass is 9.43. The van der Waals surface area contributed by atoms with E-state index in [0.29, 0.717) is 0 Å². The second kappa shape index (κ2) is 10.9. The van der Waals surface area contributed by atoms with Crippen LogP contribution in [-0.2, 0) is 10.8 Å². The van der Waals surface area contributed by atoms with Crippen LogP contribution in [-0.4, -0.2) is 0 Å². The van der Waals surface area contributed by atoms with Crippen molar-refractivity contribution in [3.8, 4) is 33.4 Å². The molecule has 264 valence electrons. The highest BCUT2D eigenvalue weighted by Crippen LogP contribution is 2.70. The number of anilines is 3. The first kappa shape index (κ1) is 30.4. The van der Waals surface area contributed by atoms with Crippen molar-refractivity contribution >= 4 is 17.1 Å². The fourth-order valence-electron chi connectivity index (χ4n) is 14.7. The molecular formula is C53H47N. The van der Waals surface area contributed by atoms with Gasteiger partial charge in [0.05, 0.1) is 0 Å². The van der Waals surface area contributed by atoms with Gasteiger partial charge in [-0.2, -0.15) is 0 Å². The Balaban J connectivity index is 1.02. The Kier molecular flexibility index (Phi) is 6.13. The van der Waals surface area contributed by atoms with Gasteiger partial charge < -0.3 is 4.90 Å². The summed E-state index contributed by atoms with van der Waals surface area (Å²) in [6, 6.07) is 54.5. The normalized spacial score (nSPS) is 31.2. The highest BCUT2D eigenvalue weighted by Gasteiger charge is 2.62. The number of rotatable bonds is 4. The molecule has 6 aromatic carbocycles. The van der Waals surface area contributed by atoms with E-state index in [1.54, 1.807) is 22.3 Å². The third-order valence-electron chi connectivity index (χ3n) is 16.3. The van der Waals surface area contributed by atoms with Crippen LogP contribution in [0.1, 0.15) is 80.0 Å². The van der Waals surface area contributed by atoms with Gasteiger partial charge in [-0.3, -0.25) is 0 Å². The third kappa shape index (κ3) is 3.86. The molecule has 2 spiro atoms. The van der Waals surface area contributed by atoms with Crippen LogP contribution in [0.3, 0.4) is 0 Å². The SMILES string of the molecule is c1ccc(-c2cccc(N(c3ccc4c(c3)-c3ccccc3[C@@]43C[C@H]4CC[C@@H]3C4)c3ccc4c(c3)C3(c5ccccc5-4)C4CC5C[C@H](C4)C[C@H]3C5)c2)cc1. The third-order valence-corrected chi connectivity index (χ3v) is 16.3. The molecule has 0 amide bonds. The van der Waals surface area contributed by atoms with Crippen molar-refractivity contribution in [2.24, 2.45) is 35.5 Å². The van der Waals surface area contributed by atoms with Gasteiger partial charge in [-0.1, -0.05) is 110 Å². The van der Waals surface area contributed by atoms with Gasteiger partial charge in [0, 0.05) is 27.9 Å². The molecular weight excluding hydrogens is 651 g/mol. The molecule has 1 heteroatoms. The summed E-state index contributed by atoms with van der Waals surface area (Å²) in [7, 11) is 0. The Bertz CT molecular complexity index is 2480. The Hall–Kier alpha value is -4.88. The van der Waals surface area contributed by atoms with E-state index in [1.807, 2.05) is 0 Å². The van der Waals surface area contributed by atoms with Crippen LogP contribution < -0.4 is 4.90 Å². The van der Waals surface area contributed by atoms with Gasteiger partial charge in [-0.05, 0) is 179 Å². The van der Waals surface area contributed by atoms with Crippen LogP contribution in [0.15, 0.2) is 140 Å². The predicted octanol–water partition coefficient (Wildman–Crippen LogP) is 13.6. The first-order valence-corrected chi connectivity index (χ1v) is 21.1. The zero-order chi connectivity index (χ0) is 35.2. The maximum atomic E-state index is 2.67. The summed E-state index contributed by atoms with van der Waals surface area (Å²) in [6.45, 7) is 0.